The van der Waals surface area contributed by atoms with Crippen molar-refractivity contribution in [3.05, 3.63) is 24.3 Å². The Morgan fingerprint density at radius 3 is 2.41 bits per heavy atom. The average molecular weight is 250 g/mol. The van der Waals surface area contributed by atoms with E-state index in [1.807, 2.05) is 12.2 Å². The normalized spacial score (nSPS) is 13.4. The maximum absolute atomic E-state index is 6.08. The summed E-state index contributed by atoms with van der Waals surface area (Å²) in [5, 5.41) is 0.304. The van der Waals surface area contributed by atoms with Crippen LogP contribution in [0.1, 0.15) is 33.6 Å². The van der Waals surface area contributed by atoms with Gasteiger partial charge in [0.05, 0.1) is 0 Å². The molecule has 0 amide bonds. The maximum Gasteiger partial charge on any atom is 0.191 e. The lowest BCUT2D eigenvalue weighted by Crippen LogP contribution is -2.40. The van der Waals surface area contributed by atoms with Gasteiger partial charge >= 0.3 is 0 Å². The number of rotatable bonds is 6. The highest BCUT2D eigenvalue weighted by Crippen LogP contribution is 2.36. The van der Waals surface area contributed by atoms with Crippen LogP contribution in [0.25, 0.3) is 0 Å². The van der Waals surface area contributed by atoms with E-state index in [4.69, 9.17) is 10.8 Å². The summed E-state index contributed by atoms with van der Waals surface area (Å²) in [6.45, 7) is 12.2. The van der Waals surface area contributed by atoms with Crippen molar-refractivity contribution < 1.29 is 4.43 Å². The minimum atomic E-state index is -1.55. The zero-order chi connectivity index (χ0) is 13.4. The molecule has 17 heavy (non-hydrogen) atoms. The second-order valence-electron chi connectivity index (χ2n) is 5.70. The van der Waals surface area contributed by atoms with Crippen molar-refractivity contribution in [2.24, 2.45) is 0 Å². The molecule has 0 spiro atoms. The Balaban J connectivity index is 3.76. The molecule has 0 heterocycles. The average Bonchev–Trinajstić information content (AvgIpc) is 2.20. The monoisotopic (exact) mass is 250 g/mol. The number of terminal acetylenes is 1. The standard InChI is InChI=1S/C15H26OSi/c1-7-8-9-10-11-12-13-14-16-17(5,6)15(2,3)4/h1,8-11H,12-14H2,2-6H3/b9-8+,11-10+. The lowest BCUT2D eigenvalue weighted by Gasteiger charge is -2.36. The van der Waals surface area contributed by atoms with Crippen LogP contribution in [0.4, 0.5) is 0 Å². The summed E-state index contributed by atoms with van der Waals surface area (Å²) < 4.78 is 6.08. The molecule has 0 aromatic rings. The summed E-state index contributed by atoms with van der Waals surface area (Å²) in [6.07, 6.45) is 14.9. The van der Waals surface area contributed by atoms with Gasteiger partial charge in [-0.3, -0.25) is 0 Å². The van der Waals surface area contributed by atoms with Gasteiger partial charge in [0.15, 0.2) is 8.32 Å². The van der Waals surface area contributed by atoms with Crippen LogP contribution in [0.3, 0.4) is 0 Å². The zero-order valence-electron chi connectivity index (χ0n) is 11.9. The van der Waals surface area contributed by atoms with Gasteiger partial charge in [0.1, 0.15) is 0 Å². The highest BCUT2D eigenvalue weighted by Gasteiger charge is 2.36. The van der Waals surface area contributed by atoms with E-state index in [2.05, 4.69) is 45.9 Å². The fourth-order valence-corrected chi connectivity index (χ4v) is 2.12. The Hall–Kier alpha value is -0.783. The van der Waals surface area contributed by atoms with Gasteiger partial charge in [0.2, 0.25) is 0 Å². The Kier molecular flexibility index (Phi) is 7.18. The largest absolute Gasteiger partial charge is 0.417 e. The minimum Gasteiger partial charge on any atom is -0.417 e. The van der Waals surface area contributed by atoms with Crippen LogP contribution in [-0.2, 0) is 4.43 Å². The first-order valence-corrected chi connectivity index (χ1v) is 9.14. The molecule has 0 unspecified atom stereocenters. The summed E-state index contributed by atoms with van der Waals surface area (Å²) in [4.78, 5) is 0. The van der Waals surface area contributed by atoms with Gasteiger partial charge in [-0.15, -0.1) is 6.42 Å². The van der Waals surface area contributed by atoms with Crippen LogP contribution in [0.2, 0.25) is 18.1 Å². The molecule has 0 bridgehead atoms. The summed E-state index contributed by atoms with van der Waals surface area (Å²) in [5.74, 6) is 2.46. The molecule has 2 heteroatoms. The van der Waals surface area contributed by atoms with E-state index in [0.29, 0.717) is 5.04 Å². The predicted octanol–water partition coefficient (Wildman–Crippen LogP) is 4.53. The van der Waals surface area contributed by atoms with Crippen LogP contribution in [0.15, 0.2) is 24.3 Å². The molecular weight excluding hydrogens is 224 g/mol. The molecule has 1 nitrogen and oxygen atoms in total. The molecule has 0 radical (unpaired) electrons. The molecule has 0 saturated heterocycles. The van der Waals surface area contributed by atoms with Gasteiger partial charge in [-0.25, -0.2) is 0 Å². The maximum atomic E-state index is 6.08. The zero-order valence-corrected chi connectivity index (χ0v) is 12.9. The topological polar surface area (TPSA) is 9.23 Å². The van der Waals surface area contributed by atoms with E-state index < -0.39 is 8.32 Å². The Bertz CT molecular complexity index is 300. The highest BCUT2D eigenvalue weighted by atomic mass is 28.4. The van der Waals surface area contributed by atoms with Crippen LogP contribution in [-0.4, -0.2) is 14.9 Å². The van der Waals surface area contributed by atoms with Gasteiger partial charge in [-0.1, -0.05) is 44.9 Å². The molecular formula is C15H26OSi. The van der Waals surface area contributed by atoms with Crippen molar-refractivity contribution in [2.75, 3.05) is 6.61 Å². The van der Waals surface area contributed by atoms with Crippen LogP contribution < -0.4 is 0 Å². The van der Waals surface area contributed by atoms with Gasteiger partial charge in [-0.2, -0.15) is 0 Å². The van der Waals surface area contributed by atoms with Gasteiger partial charge in [0, 0.05) is 6.61 Å². The lowest BCUT2D eigenvalue weighted by molar-refractivity contribution is 0.283. The lowest BCUT2D eigenvalue weighted by atomic mass is 10.2. The molecule has 0 aromatic heterocycles. The van der Waals surface area contributed by atoms with Crippen molar-refractivity contribution in [1.29, 1.82) is 0 Å². The Morgan fingerprint density at radius 2 is 1.88 bits per heavy atom. The smallest absolute Gasteiger partial charge is 0.191 e. The van der Waals surface area contributed by atoms with Crippen LogP contribution >= 0.6 is 0 Å². The van der Waals surface area contributed by atoms with Crippen molar-refractivity contribution in [1.82, 2.24) is 0 Å². The summed E-state index contributed by atoms with van der Waals surface area (Å²) >= 11 is 0. The molecule has 0 aliphatic heterocycles. The molecule has 0 atom stereocenters. The van der Waals surface area contributed by atoms with E-state index in [1.54, 1.807) is 6.08 Å². The Morgan fingerprint density at radius 1 is 1.24 bits per heavy atom. The molecule has 0 saturated carbocycles. The van der Waals surface area contributed by atoms with Gasteiger partial charge < -0.3 is 4.43 Å². The summed E-state index contributed by atoms with van der Waals surface area (Å²) in [6, 6.07) is 0. The third kappa shape index (κ3) is 7.20. The second kappa shape index (κ2) is 7.52. The number of unbranched alkanes of at least 4 members (excludes halogenated alkanes) is 1. The van der Waals surface area contributed by atoms with Gasteiger partial charge in [0.25, 0.3) is 0 Å². The molecule has 0 rings (SSSR count). The highest BCUT2D eigenvalue weighted by molar-refractivity contribution is 6.74. The van der Waals surface area contributed by atoms with E-state index in [-0.39, 0.29) is 0 Å². The molecule has 0 aromatic carbocycles. The minimum absolute atomic E-state index is 0.304. The predicted molar refractivity (Wildman–Crippen MR) is 79.5 cm³/mol. The Labute approximate surface area is 108 Å². The fraction of sp³-hybridized carbons (Fsp3) is 0.600. The molecule has 0 aliphatic rings. The first-order valence-electron chi connectivity index (χ1n) is 6.23. The third-order valence-electron chi connectivity index (χ3n) is 3.22. The second-order valence-corrected chi connectivity index (χ2v) is 10.5. The van der Waals surface area contributed by atoms with Crippen LogP contribution in [0, 0.1) is 12.3 Å². The van der Waals surface area contributed by atoms with Crippen LogP contribution in [0.5, 0.6) is 0 Å². The summed E-state index contributed by atoms with van der Waals surface area (Å²) in [7, 11) is -1.55. The fourth-order valence-electron chi connectivity index (χ4n) is 1.03. The van der Waals surface area contributed by atoms with E-state index >= 15 is 0 Å². The van der Waals surface area contributed by atoms with Crippen molar-refractivity contribution >= 4 is 8.32 Å². The molecule has 96 valence electrons. The van der Waals surface area contributed by atoms with Crippen molar-refractivity contribution in [3.8, 4) is 12.3 Å². The molecule has 0 N–H and O–H groups in total. The third-order valence-corrected chi connectivity index (χ3v) is 7.76. The molecule has 0 aliphatic carbocycles. The van der Waals surface area contributed by atoms with Crippen molar-refractivity contribution in [2.45, 2.75) is 51.7 Å². The van der Waals surface area contributed by atoms with Crippen molar-refractivity contribution in [3.63, 3.8) is 0 Å². The first-order chi connectivity index (χ1) is 7.81. The van der Waals surface area contributed by atoms with E-state index in [9.17, 15) is 0 Å². The number of hydrogen-bond acceptors (Lipinski definition) is 1. The number of allylic oxidation sites excluding steroid dienone is 4. The van der Waals surface area contributed by atoms with Gasteiger partial charge in [-0.05, 0) is 37.0 Å². The number of hydrogen-bond donors (Lipinski definition) is 0. The first kappa shape index (κ1) is 16.2. The summed E-state index contributed by atoms with van der Waals surface area (Å²) in [5.41, 5.74) is 0. The SMILES string of the molecule is C#C/C=C/C=C/CCCO[Si](C)(C)C(C)(C)C. The quantitative estimate of drug-likeness (QED) is 0.291. The van der Waals surface area contributed by atoms with E-state index in [0.717, 1.165) is 19.4 Å². The van der Waals surface area contributed by atoms with E-state index in [1.165, 1.54) is 0 Å². The molecule has 0 fully saturated rings.